The molecule has 20 heavy (non-hydrogen) atoms. The fourth-order valence-electron chi connectivity index (χ4n) is 2.00. The Hall–Kier alpha value is -1.94. The molecule has 1 aromatic carbocycles. The van der Waals surface area contributed by atoms with Gasteiger partial charge in [-0.2, -0.15) is 0 Å². The molecule has 0 bridgehead atoms. The summed E-state index contributed by atoms with van der Waals surface area (Å²) >= 11 is 0. The fraction of sp³-hybridized carbons (Fsp3) is 0.312. The van der Waals surface area contributed by atoms with E-state index in [1.54, 1.807) is 12.1 Å². The van der Waals surface area contributed by atoms with Crippen molar-refractivity contribution in [3.05, 3.63) is 59.7 Å². The second-order valence-corrected chi connectivity index (χ2v) is 4.73. The number of aromatic nitrogens is 1. The smallest absolute Gasteiger partial charge is 0.123 e. The van der Waals surface area contributed by atoms with Crippen molar-refractivity contribution in [1.29, 1.82) is 0 Å². The van der Waals surface area contributed by atoms with Crippen molar-refractivity contribution in [2.45, 2.75) is 20.0 Å². The van der Waals surface area contributed by atoms with E-state index in [-0.39, 0.29) is 5.82 Å². The maximum absolute atomic E-state index is 12.9. The van der Waals surface area contributed by atoms with Crippen molar-refractivity contribution in [3.8, 4) is 0 Å². The normalized spacial score (nSPS) is 10.6. The van der Waals surface area contributed by atoms with Gasteiger partial charge in [0.2, 0.25) is 0 Å². The van der Waals surface area contributed by atoms with Crippen LogP contribution in [0.2, 0.25) is 0 Å². The molecule has 0 spiro atoms. The topological polar surface area (TPSA) is 28.2 Å². The van der Waals surface area contributed by atoms with Gasteiger partial charge in [0.15, 0.2) is 0 Å². The third kappa shape index (κ3) is 4.03. The standard InChI is InChI=1S/C16H20FN3/c1-3-18-11-14-5-4-6-15(19-14)12-20(2)16-9-7-13(17)8-10-16/h4-10,18H,3,11-12H2,1-2H3. The number of hydrogen-bond acceptors (Lipinski definition) is 3. The first-order valence-electron chi connectivity index (χ1n) is 6.81. The molecular formula is C16H20FN3. The number of anilines is 1. The number of nitrogens with one attached hydrogen (secondary N) is 1. The number of nitrogens with zero attached hydrogens (tertiary/aromatic N) is 2. The first-order chi connectivity index (χ1) is 9.69. The van der Waals surface area contributed by atoms with Gasteiger partial charge in [-0.15, -0.1) is 0 Å². The zero-order chi connectivity index (χ0) is 14.4. The molecule has 0 aliphatic rings. The first-order valence-corrected chi connectivity index (χ1v) is 6.81. The molecule has 0 fully saturated rings. The molecule has 0 saturated heterocycles. The van der Waals surface area contributed by atoms with Gasteiger partial charge < -0.3 is 10.2 Å². The Morgan fingerprint density at radius 2 is 1.80 bits per heavy atom. The van der Waals surface area contributed by atoms with Gasteiger partial charge in [-0.25, -0.2) is 4.39 Å². The highest BCUT2D eigenvalue weighted by Crippen LogP contribution is 2.15. The monoisotopic (exact) mass is 273 g/mol. The Morgan fingerprint density at radius 1 is 1.10 bits per heavy atom. The number of halogens is 1. The summed E-state index contributed by atoms with van der Waals surface area (Å²) < 4.78 is 12.9. The van der Waals surface area contributed by atoms with Crippen molar-refractivity contribution in [1.82, 2.24) is 10.3 Å². The van der Waals surface area contributed by atoms with Crippen LogP contribution < -0.4 is 10.2 Å². The summed E-state index contributed by atoms with van der Waals surface area (Å²) in [4.78, 5) is 6.67. The summed E-state index contributed by atoms with van der Waals surface area (Å²) in [6.07, 6.45) is 0. The summed E-state index contributed by atoms with van der Waals surface area (Å²) in [7, 11) is 1.98. The predicted molar refractivity (Wildman–Crippen MR) is 80.1 cm³/mol. The summed E-state index contributed by atoms with van der Waals surface area (Å²) in [5, 5.41) is 3.27. The van der Waals surface area contributed by atoms with Gasteiger partial charge in [-0.05, 0) is 42.9 Å². The lowest BCUT2D eigenvalue weighted by atomic mass is 10.2. The Morgan fingerprint density at radius 3 is 2.50 bits per heavy atom. The molecule has 0 aliphatic heterocycles. The van der Waals surface area contributed by atoms with Gasteiger partial charge in [0, 0.05) is 19.3 Å². The summed E-state index contributed by atoms with van der Waals surface area (Å²) in [5.41, 5.74) is 3.02. The van der Waals surface area contributed by atoms with Crippen LogP contribution in [0.3, 0.4) is 0 Å². The minimum atomic E-state index is -0.215. The molecule has 3 nitrogen and oxygen atoms in total. The lowest BCUT2D eigenvalue weighted by Crippen LogP contribution is -2.18. The molecule has 2 aromatic rings. The molecule has 4 heteroatoms. The Balaban J connectivity index is 2.03. The summed E-state index contributed by atoms with van der Waals surface area (Å²) in [5.74, 6) is -0.215. The quantitative estimate of drug-likeness (QED) is 0.877. The van der Waals surface area contributed by atoms with Crippen molar-refractivity contribution < 1.29 is 4.39 Å². The van der Waals surface area contributed by atoms with E-state index in [2.05, 4.69) is 22.1 Å². The molecular weight excluding hydrogens is 253 g/mol. The van der Waals surface area contributed by atoms with Crippen LogP contribution in [0.5, 0.6) is 0 Å². The Labute approximate surface area is 119 Å². The number of benzene rings is 1. The molecule has 0 radical (unpaired) electrons. The zero-order valence-corrected chi connectivity index (χ0v) is 11.9. The van der Waals surface area contributed by atoms with Gasteiger partial charge in [0.1, 0.15) is 5.82 Å². The number of pyridine rings is 1. The van der Waals surface area contributed by atoms with Crippen LogP contribution in [0.25, 0.3) is 0 Å². The Kier molecular flexibility index (Phi) is 5.07. The fourth-order valence-corrected chi connectivity index (χ4v) is 2.00. The van der Waals surface area contributed by atoms with Gasteiger partial charge in [-0.3, -0.25) is 4.98 Å². The molecule has 0 atom stereocenters. The maximum atomic E-state index is 12.9. The van der Waals surface area contributed by atoms with E-state index in [1.807, 2.05) is 25.2 Å². The maximum Gasteiger partial charge on any atom is 0.123 e. The van der Waals surface area contributed by atoms with Crippen LogP contribution in [0.1, 0.15) is 18.3 Å². The SMILES string of the molecule is CCNCc1cccc(CN(C)c2ccc(F)cc2)n1. The van der Waals surface area contributed by atoms with Crippen LogP contribution in [0.4, 0.5) is 10.1 Å². The molecule has 0 saturated carbocycles. The van der Waals surface area contributed by atoms with E-state index in [1.165, 1.54) is 12.1 Å². The zero-order valence-electron chi connectivity index (χ0n) is 11.9. The highest BCUT2D eigenvalue weighted by atomic mass is 19.1. The predicted octanol–water partition coefficient (Wildman–Crippen LogP) is 2.97. The number of rotatable bonds is 6. The lowest BCUT2D eigenvalue weighted by molar-refractivity contribution is 0.627. The van der Waals surface area contributed by atoms with Gasteiger partial charge in [-0.1, -0.05) is 13.0 Å². The molecule has 1 heterocycles. The highest BCUT2D eigenvalue weighted by Gasteiger charge is 2.04. The number of hydrogen-bond donors (Lipinski definition) is 1. The first kappa shape index (κ1) is 14.5. The lowest BCUT2D eigenvalue weighted by Gasteiger charge is -2.19. The molecule has 106 valence electrons. The van der Waals surface area contributed by atoms with Crippen molar-refractivity contribution in [2.75, 3.05) is 18.5 Å². The molecule has 0 amide bonds. The van der Waals surface area contributed by atoms with Gasteiger partial charge >= 0.3 is 0 Å². The second-order valence-electron chi connectivity index (χ2n) is 4.73. The van der Waals surface area contributed by atoms with Crippen LogP contribution in [0, 0.1) is 5.82 Å². The van der Waals surface area contributed by atoms with Crippen molar-refractivity contribution in [3.63, 3.8) is 0 Å². The van der Waals surface area contributed by atoms with E-state index < -0.39 is 0 Å². The van der Waals surface area contributed by atoms with Crippen LogP contribution in [-0.2, 0) is 13.1 Å². The van der Waals surface area contributed by atoms with Gasteiger partial charge in [0.25, 0.3) is 0 Å². The van der Waals surface area contributed by atoms with Gasteiger partial charge in [0.05, 0.1) is 17.9 Å². The van der Waals surface area contributed by atoms with Crippen LogP contribution in [-0.4, -0.2) is 18.6 Å². The molecule has 1 N–H and O–H groups in total. The van der Waals surface area contributed by atoms with Crippen LogP contribution >= 0.6 is 0 Å². The van der Waals surface area contributed by atoms with E-state index >= 15 is 0 Å². The van der Waals surface area contributed by atoms with E-state index in [0.717, 1.165) is 30.2 Å². The Bertz CT molecular complexity index is 540. The highest BCUT2D eigenvalue weighted by molar-refractivity contribution is 5.45. The largest absolute Gasteiger partial charge is 0.369 e. The molecule has 0 unspecified atom stereocenters. The van der Waals surface area contributed by atoms with Crippen molar-refractivity contribution >= 4 is 5.69 Å². The summed E-state index contributed by atoms with van der Waals surface area (Å²) in [6.45, 7) is 4.49. The van der Waals surface area contributed by atoms with E-state index in [9.17, 15) is 4.39 Å². The molecule has 1 aromatic heterocycles. The van der Waals surface area contributed by atoms with E-state index in [4.69, 9.17) is 0 Å². The average molecular weight is 273 g/mol. The average Bonchev–Trinajstić information content (AvgIpc) is 2.46. The minimum absolute atomic E-state index is 0.215. The van der Waals surface area contributed by atoms with E-state index in [0.29, 0.717) is 6.54 Å². The van der Waals surface area contributed by atoms with Crippen LogP contribution in [0.15, 0.2) is 42.5 Å². The summed E-state index contributed by atoms with van der Waals surface area (Å²) in [6, 6.07) is 12.5. The van der Waals surface area contributed by atoms with Crippen molar-refractivity contribution in [2.24, 2.45) is 0 Å². The third-order valence-corrected chi connectivity index (χ3v) is 3.09. The second kappa shape index (κ2) is 7.01. The minimum Gasteiger partial charge on any atom is -0.369 e. The molecule has 0 aliphatic carbocycles. The third-order valence-electron chi connectivity index (χ3n) is 3.09. The molecule has 2 rings (SSSR count).